The van der Waals surface area contributed by atoms with E-state index in [9.17, 15) is 4.79 Å². The minimum atomic E-state index is -0.350. The van der Waals surface area contributed by atoms with Crippen molar-refractivity contribution in [2.24, 2.45) is 0 Å². The number of nitrogens with zero attached hydrogens (tertiary/aromatic N) is 1. The first-order valence-corrected chi connectivity index (χ1v) is 12.2. The predicted molar refractivity (Wildman–Crippen MR) is 134 cm³/mol. The van der Waals surface area contributed by atoms with Crippen molar-refractivity contribution in [3.05, 3.63) is 53.4 Å². The normalized spacial score (nSPS) is 16.5. The van der Waals surface area contributed by atoms with Crippen LogP contribution in [0.5, 0.6) is 11.5 Å². The van der Waals surface area contributed by atoms with Gasteiger partial charge in [0.25, 0.3) is 5.91 Å². The summed E-state index contributed by atoms with van der Waals surface area (Å²) in [5, 5.41) is 3.42. The van der Waals surface area contributed by atoms with Crippen LogP contribution in [0.1, 0.15) is 76.1 Å². The first-order chi connectivity index (χ1) is 15.8. The average molecular weight is 454 g/mol. The molecule has 0 saturated carbocycles. The maximum absolute atomic E-state index is 13.2. The fourth-order valence-electron chi connectivity index (χ4n) is 4.81. The van der Waals surface area contributed by atoms with Gasteiger partial charge >= 0.3 is 0 Å². The molecular formula is C27H39N3O3. The number of benzene rings is 1. The predicted octanol–water partition coefficient (Wildman–Crippen LogP) is 5.25. The number of piperidine rings is 1. The van der Waals surface area contributed by atoms with E-state index >= 15 is 0 Å². The number of hydrogen-bond acceptors (Lipinski definition) is 4. The number of fused-ring (bicyclic) bond motifs is 1. The molecule has 1 saturated heterocycles. The maximum Gasteiger partial charge on any atom is 0.270 e. The largest absolute Gasteiger partial charge is 0.496 e. The van der Waals surface area contributed by atoms with Crippen molar-refractivity contribution in [1.29, 1.82) is 0 Å². The molecule has 1 aromatic heterocycles. The zero-order valence-corrected chi connectivity index (χ0v) is 21.1. The maximum atomic E-state index is 13.2. The third-order valence-corrected chi connectivity index (χ3v) is 6.20. The Balaban J connectivity index is 0.00000149. The molecule has 33 heavy (non-hydrogen) atoms. The molecule has 3 heterocycles. The smallest absolute Gasteiger partial charge is 0.270 e. The Kier molecular flexibility index (Phi) is 7.90. The second kappa shape index (κ2) is 10.5. The van der Waals surface area contributed by atoms with Gasteiger partial charge in [0.1, 0.15) is 22.8 Å². The molecule has 0 unspecified atom stereocenters. The number of carbonyl (C=O) groups excluding carboxylic acids is 1. The van der Waals surface area contributed by atoms with Gasteiger partial charge in [-0.1, -0.05) is 19.9 Å². The summed E-state index contributed by atoms with van der Waals surface area (Å²) >= 11 is 0. The zero-order chi connectivity index (χ0) is 24.2. The van der Waals surface area contributed by atoms with Gasteiger partial charge in [0.2, 0.25) is 0 Å². The number of ether oxygens (including phenoxy) is 2. The Hall–Kier alpha value is -2.73. The summed E-state index contributed by atoms with van der Waals surface area (Å²) in [6.07, 6.45) is 4.02. The van der Waals surface area contributed by atoms with Gasteiger partial charge in [-0.15, -0.1) is 0 Å². The van der Waals surface area contributed by atoms with E-state index < -0.39 is 0 Å². The number of rotatable bonds is 5. The van der Waals surface area contributed by atoms with Crippen molar-refractivity contribution in [2.75, 3.05) is 20.2 Å². The van der Waals surface area contributed by atoms with E-state index in [0.29, 0.717) is 5.69 Å². The van der Waals surface area contributed by atoms with Crippen molar-refractivity contribution in [3.8, 4) is 11.5 Å². The lowest BCUT2D eigenvalue weighted by Gasteiger charge is -2.40. The molecule has 6 nitrogen and oxygen atoms in total. The third kappa shape index (κ3) is 4.96. The molecule has 2 aliphatic heterocycles. The molecule has 1 aromatic carbocycles. The van der Waals surface area contributed by atoms with Crippen LogP contribution < -0.4 is 14.8 Å². The summed E-state index contributed by atoms with van der Waals surface area (Å²) < 4.78 is 12.2. The van der Waals surface area contributed by atoms with Gasteiger partial charge in [0.05, 0.1) is 12.7 Å². The molecule has 2 aliphatic rings. The number of hydrogen-bond donors (Lipinski definition) is 2. The number of methoxy groups -OCH3 is 1. The summed E-state index contributed by atoms with van der Waals surface area (Å²) in [4.78, 5) is 18.5. The Morgan fingerprint density at radius 2 is 1.73 bits per heavy atom. The minimum Gasteiger partial charge on any atom is -0.496 e. The highest BCUT2D eigenvalue weighted by atomic mass is 16.5. The molecule has 6 heteroatoms. The third-order valence-electron chi connectivity index (χ3n) is 6.20. The number of H-pyrrole nitrogens is 1. The average Bonchev–Trinajstić information content (AvgIpc) is 3.30. The first kappa shape index (κ1) is 24.9. The van der Waals surface area contributed by atoms with E-state index in [-0.39, 0.29) is 23.6 Å². The highest BCUT2D eigenvalue weighted by molar-refractivity contribution is 5.95. The standard InChI is InChI=1S/C25H33N3O3.C2H6/c1-16(2)28(17(3)4)24(29)20-10-9-19(27-20)18-15-25(11-13-26-14-12-25)31-22-8-6-7-21(30-5)23(18)22;1-2/h6-10,15-17,26-27H,11-14H2,1-5H3;1-2H3. The van der Waals surface area contributed by atoms with E-state index in [1.54, 1.807) is 7.11 Å². The van der Waals surface area contributed by atoms with Gasteiger partial charge in [-0.2, -0.15) is 0 Å². The fourth-order valence-corrected chi connectivity index (χ4v) is 4.81. The fraction of sp³-hybridized carbons (Fsp3) is 0.519. The Bertz CT molecular complexity index is 976. The first-order valence-electron chi connectivity index (χ1n) is 12.2. The molecular weight excluding hydrogens is 414 g/mol. The van der Waals surface area contributed by atoms with Crippen molar-refractivity contribution < 1.29 is 14.3 Å². The van der Waals surface area contributed by atoms with Gasteiger partial charge in [-0.05, 0) is 71.1 Å². The van der Waals surface area contributed by atoms with Crippen molar-refractivity contribution in [2.45, 2.75) is 72.1 Å². The summed E-state index contributed by atoms with van der Waals surface area (Å²) in [5.74, 6) is 1.61. The van der Waals surface area contributed by atoms with Crippen LogP contribution in [0.25, 0.3) is 5.57 Å². The van der Waals surface area contributed by atoms with E-state index in [0.717, 1.165) is 54.3 Å². The van der Waals surface area contributed by atoms with Gasteiger partial charge in [-0.3, -0.25) is 4.79 Å². The molecule has 1 spiro atoms. The lowest BCUT2D eigenvalue weighted by atomic mass is 9.84. The summed E-state index contributed by atoms with van der Waals surface area (Å²) in [5.41, 5.74) is 3.11. The lowest BCUT2D eigenvalue weighted by molar-refractivity contribution is 0.0638. The molecule has 180 valence electrons. The highest BCUT2D eigenvalue weighted by Crippen LogP contribution is 2.46. The molecule has 2 aromatic rings. The molecule has 1 amide bonds. The van der Waals surface area contributed by atoms with Crippen LogP contribution in [-0.4, -0.2) is 53.7 Å². The Morgan fingerprint density at radius 3 is 2.33 bits per heavy atom. The van der Waals surface area contributed by atoms with Crippen LogP contribution in [0.3, 0.4) is 0 Å². The van der Waals surface area contributed by atoms with E-state index in [1.807, 2.05) is 76.8 Å². The number of nitrogens with one attached hydrogen (secondary N) is 2. The summed E-state index contributed by atoms with van der Waals surface area (Å²) in [7, 11) is 1.68. The number of aromatic amines is 1. The van der Waals surface area contributed by atoms with Crippen LogP contribution in [0.15, 0.2) is 36.4 Å². The quantitative estimate of drug-likeness (QED) is 0.648. The van der Waals surface area contributed by atoms with Crippen LogP contribution >= 0.6 is 0 Å². The van der Waals surface area contributed by atoms with Gasteiger partial charge in [0.15, 0.2) is 0 Å². The van der Waals surface area contributed by atoms with Crippen LogP contribution in [-0.2, 0) is 0 Å². The summed E-state index contributed by atoms with van der Waals surface area (Å²) in [6, 6.07) is 10.0. The molecule has 0 aliphatic carbocycles. The molecule has 4 rings (SSSR count). The number of carbonyl (C=O) groups is 1. The Labute approximate surface area is 198 Å². The van der Waals surface area contributed by atoms with E-state index in [1.165, 1.54) is 0 Å². The highest BCUT2D eigenvalue weighted by Gasteiger charge is 2.38. The van der Waals surface area contributed by atoms with Crippen LogP contribution in [0.4, 0.5) is 0 Å². The second-order valence-electron chi connectivity index (χ2n) is 8.99. The van der Waals surface area contributed by atoms with Crippen LogP contribution in [0.2, 0.25) is 0 Å². The molecule has 0 radical (unpaired) electrons. The minimum absolute atomic E-state index is 0.0146. The zero-order valence-electron chi connectivity index (χ0n) is 21.1. The number of aromatic nitrogens is 1. The van der Waals surface area contributed by atoms with Gasteiger partial charge in [0, 0.05) is 36.2 Å². The van der Waals surface area contributed by atoms with Crippen molar-refractivity contribution in [1.82, 2.24) is 15.2 Å². The van der Waals surface area contributed by atoms with E-state index in [2.05, 4.69) is 16.4 Å². The summed E-state index contributed by atoms with van der Waals surface area (Å²) in [6.45, 7) is 14.0. The van der Waals surface area contributed by atoms with E-state index in [4.69, 9.17) is 9.47 Å². The topological polar surface area (TPSA) is 66.6 Å². The molecule has 1 fully saturated rings. The van der Waals surface area contributed by atoms with Crippen LogP contribution in [0, 0.1) is 0 Å². The SMILES string of the molecule is CC.COc1cccc2c1C(c1ccc(C(=O)N(C(C)C)C(C)C)[nH]1)=CC1(CCNCC1)O2. The lowest BCUT2D eigenvalue weighted by Crippen LogP contribution is -2.46. The van der Waals surface area contributed by atoms with Gasteiger partial charge in [-0.25, -0.2) is 0 Å². The Morgan fingerprint density at radius 1 is 1.06 bits per heavy atom. The molecule has 0 atom stereocenters. The van der Waals surface area contributed by atoms with Gasteiger partial charge < -0.3 is 24.7 Å². The molecule has 2 N–H and O–H groups in total. The van der Waals surface area contributed by atoms with Crippen molar-refractivity contribution in [3.63, 3.8) is 0 Å². The monoisotopic (exact) mass is 453 g/mol. The second-order valence-corrected chi connectivity index (χ2v) is 8.99. The van der Waals surface area contributed by atoms with Crippen molar-refractivity contribution >= 4 is 11.5 Å². The number of amides is 1. The molecule has 0 bridgehead atoms.